The van der Waals surface area contributed by atoms with Crippen molar-refractivity contribution in [1.29, 1.82) is 0 Å². The summed E-state index contributed by atoms with van der Waals surface area (Å²) in [7, 11) is 3.19. The van der Waals surface area contributed by atoms with Crippen LogP contribution in [0.4, 0.5) is 14.5 Å². The number of ether oxygens (including phenoxy) is 2. The third kappa shape index (κ3) is 5.18. The molecular weight excluding hydrogens is 464 g/mol. The van der Waals surface area contributed by atoms with Crippen molar-refractivity contribution in [3.05, 3.63) is 63.2 Å². The zero-order chi connectivity index (χ0) is 25.3. The Morgan fingerprint density at radius 3 is 2.60 bits per heavy atom. The Bertz CT molecular complexity index is 1150. The van der Waals surface area contributed by atoms with Crippen LogP contribution < -0.4 is 9.47 Å². The second-order valence-corrected chi connectivity index (χ2v) is 8.78. The van der Waals surface area contributed by atoms with Crippen LogP contribution >= 0.6 is 0 Å². The highest BCUT2D eigenvalue weighted by atomic mass is 19.3. The van der Waals surface area contributed by atoms with Gasteiger partial charge < -0.3 is 19.3 Å². The first-order valence-electron chi connectivity index (χ1n) is 11.2. The average Bonchev–Trinajstić information content (AvgIpc) is 3.59. The number of nitro groups is 1. The largest absolute Gasteiger partial charge is 0.489 e. The Kier molecular flexibility index (Phi) is 6.86. The van der Waals surface area contributed by atoms with E-state index in [9.17, 15) is 28.5 Å². The first-order chi connectivity index (χ1) is 16.7. The molecule has 4 rings (SSSR count). The van der Waals surface area contributed by atoms with Gasteiger partial charge in [-0.05, 0) is 42.0 Å². The van der Waals surface area contributed by atoms with E-state index in [0.29, 0.717) is 23.7 Å². The molecular formula is C24H25F2N3O6. The van der Waals surface area contributed by atoms with Crippen molar-refractivity contribution >= 4 is 17.5 Å². The molecule has 0 aromatic heterocycles. The fraction of sp³-hybridized carbons (Fsp3) is 0.417. The summed E-state index contributed by atoms with van der Waals surface area (Å²) in [5.74, 6) is -0.468. The van der Waals surface area contributed by atoms with Crippen LogP contribution in [0.15, 0.2) is 36.4 Å². The third-order valence-corrected chi connectivity index (χ3v) is 6.09. The molecule has 2 aromatic rings. The Morgan fingerprint density at radius 1 is 1.23 bits per heavy atom. The van der Waals surface area contributed by atoms with Gasteiger partial charge in [0, 0.05) is 33.1 Å². The lowest BCUT2D eigenvalue weighted by Gasteiger charge is -2.27. The van der Waals surface area contributed by atoms with Gasteiger partial charge in [-0.25, -0.2) is 0 Å². The van der Waals surface area contributed by atoms with Gasteiger partial charge in [0.05, 0.1) is 17.6 Å². The molecule has 1 atom stereocenters. The minimum Gasteiger partial charge on any atom is -0.489 e. The zero-order valence-electron chi connectivity index (χ0n) is 19.3. The van der Waals surface area contributed by atoms with E-state index in [-0.39, 0.29) is 41.6 Å². The van der Waals surface area contributed by atoms with Crippen molar-refractivity contribution in [3.63, 3.8) is 0 Å². The molecule has 1 saturated carbocycles. The molecule has 1 aliphatic carbocycles. The second-order valence-electron chi connectivity index (χ2n) is 8.78. The number of amides is 2. The molecule has 0 bridgehead atoms. The van der Waals surface area contributed by atoms with Gasteiger partial charge in [-0.2, -0.15) is 8.78 Å². The van der Waals surface area contributed by atoms with Crippen LogP contribution in [-0.4, -0.2) is 60.4 Å². The Morgan fingerprint density at radius 2 is 1.97 bits per heavy atom. The van der Waals surface area contributed by atoms with Gasteiger partial charge in [-0.3, -0.25) is 19.7 Å². The molecule has 2 amide bonds. The van der Waals surface area contributed by atoms with E-state index in [1.807, 2.05) is 0 Å². The molecule has 1 heterocycles. The topological polar surface area (TPSA) is 102 Å². The summed E-state index contributed by atoms with van der Waals surface area (Å²) in [5.41, 5.74) is 0.523. The van der Waals surface area contributed by atoms with Gasteiger partial charge in [-0.15, -0.1) is 0 Å². The molecule has 11 heteroatoms. The summed E-state index contributed by atoms with van der Waals surface area (Å²) in [4.78, 5) is 39.4. The van der Waals surface area contributed by atoms with Gasteiger partial charge in [0.2, 0.25) is 5.91 Å². The van der Waals surface area contributed by atoms with E-state index in [1.165, 1.54) is 40.1 Å². The molecule has 1 aliphatic heterocycles. The number of rotatable bonds is 10. The van der Waals surface area contributed by atoms with E-state index >= 15 is 0 Å². The first-order valence-corrected chi connectivity index (χ1v) is 11.2. The molecule has 2 aliphatic rings. The number of carbonyl (C=O) groups is 2. The van der Waals surface area contributed by atoms with Gasteiger partial charge in [-0.1, -0.05) is 18.2 Å². The van der Waals surface area contributed by atoms with Crippen LogP contribution in [0.25, 0.3) is 0 Å². The molecule has 9 nitrogen and oxygen atoms in total. The Labute approximate surface area is 200 Å². The summed E-state index contributed by atoms with van der Waals surface area (Å²) >= 11 is 0. The highest BCUT2D eigenvalue weighted by Crippen LogP contribution is 2.44. The molecule has 186 valence electrons. The predicted octanol–water partition coefficient (Wildman–Crippen LogP) is 4.01. The van der Waals surface area contributed by atoms with E-state index in [1.54, 1.807) is 20.2 Å². The number of alkyl halides is 2. The monoisotopic (exact) mass is 489 g/mol. The normalized spacial score (nSPS) is 16.9. The van der Waals surface area contributed by atoms with Crippen molar-refractivity contribution < 1.29 is 32.8 Å². The Hall–Kier alpha value is -3.76. The predicted molar refractivity (Wildman–Crippen MR) is 121 cm³/mol. The van der Waals surface area contributed by atoms with E-state index < -0.39 is 23.5 Å². The lowest BCUT2D eigenvalue weighted by molar-refractivity contribution is -0.385. The minimum atomic E-state index is -3.05. The second kappa shape index (κ2) is 9.85. The van der Waals surface area contributed by atoms with E-state index in [0.717, 1.165) is 12.8 Å². The molecule has 0 spiro atoms. The van der Waals surface area contributed by atoms with Crippen LogP contribution in [0.5, 0.6) is 11.5 Å². The van der Waals surface area contributed by atoms with E-state index in [4.69, 9.17) is 4.74 Å². The highest BCUT2D eigenvalue weighted by Gasteiger charge is 2.42. The average molecular weight is 489 g/mol. The maximum absolute atomic E-state index is 13.4. The van der Waals surface area contributed by atoms with Crippen LogP contribution in [0.2, 0.25) is 0 Å². The molecule has 1 fully saturated rings. The lowest BCUT2D eigenvalue weighted by atomic mass is 9.96. The molecule has 0 N–H and O–H groups in total. The molecule has 1 unspecified atom stereocenters. The number of fused-ring (bicyclic) bond motifs is 1. The third-order valence-electron chi connectivity index (χ3n) is 6.09. The van der Waals surface area contributed by atoms with Crippen LogP contribution in [0, 0.1) is 16.0 Å². The summed E-state index contributed by atoms with van der Waals surface area (Å²) in [6.45, 7) is -2.69. The number of carbonyl (C=O) groups excluding carboxylic acids is 2. The summed E-state index contributed by atoms with van der Waals surface area (Å²) in [6.07, 6.45) is 1.99. The number of hydrogen-bond acceptors (Lipinski definition) is 6. The van der Waals surface area contributed by atoms with Crippen molar-refractivity contribution in [2.24, 2.45) is 5.92 Å². The number of nitrogens with zero attached hydrogens (tertiary/aromatic N) is 3. The SMILES string of the molecule is CN(C)C(=O)CCN1C(=O)c2c(cccc2[N+](=O)[O-])C1c1ccc(OC(F)F)c(OCC2CC2)c1. The Balaban J connectivity index is 1.76. The van der Waals surface area contributed by atoms with Gasteiger partial charge in [0.1, 0.15) is 5.56 Å². The smallest absolute Gasteiger partial charge is 0.387 e. The standard InChI is InChI=1S/C24H25F2N3O6/c1-27(2)20(30)10-11-28-22(16-4-3-5-17(29(32)33)21(16)23(28)31)15-8-9-18(35-24(25)26)19(12-15)34-13-14-6-7-14/h3-5,8-9,12,14,22,24H,6-7,10-11,13H2,1-2H3. The summed E-state index contributed by atoms with van der Waals surface area (Å²) in [5, 5.41) is 11.6. The molecule has 0 saturated heterocycles. The molecule has 2 aromatic carbocycles. The summed E-state index contributed by atoms with van der Waals surface area (Å²) in [6, 6.07) is 7.98. The maximum atomic E-state index is 13.4. The molecule has 35 heavy (non-hydrogen) atoms. The number of hydrogen-bond donors (Lipinski definition) is 0. The van der Waals surface area contributed by atoms with Gasteiger partial charge >= 0.3 is 6.61 Å². The van der Waals surface area contributed by atoms with E-state index in [2.05, 4.69) is 4.74 Å². The fourth-order valence-electron chi connectivity index (χ4n) is 4.12. The molecule has 0 radical (unpaired) electrons. The van der Waals surface area contributed by atoms with Crippen molar-refractivity contribution in [3.8, 4) is 11.5 Å². The van der Waals surface area contributed by atoms with Gasteiger partial charge in [0.25, 0.3) is 11.6 Å². The van der Waals surface area contributed by atoms with Crippen LogP contribution in [0.1, 0.15) is 46.8 Å². The number of benzene rings is 2. The first kappa shape index (κ1) is 24.4. The highest BCUT2D eigenvalue weighted by molar-refractivity contribution is 6.03. The van der Waals surface area contributed by atoms with Crippen molar-refractivity contribution in [2.75, 3.05) is 27.2 Å². The van der Waals surface area contributed by atoms with Crippen LogP contribution in [-0.2, 0) is 4.79 Å². The maximum Gasteiger partial charge on any atom is 0.387 e. The number of nitro benzene ring substituents is 1. The van der Waals surface area contributed by atoms with Crippen molar-refractivity contribution in [2.45, 2.75) is 31.9 Å². The van der Waals surface area contributed by atoms with Gasteiger partial charge in [0.15, 0.2) is 11.5 Å². The van der Waals surface area contributed by atoms with Crippen LogP contribution in [0.3, 0.4) is 0 Å². The minimum absolute atomic E-state index is 0.00857. The number of halogens is 2. The fourth-order valence-corrected chi connectivity index (χ4v) is 4.12. The summed E-state index contributed by atoms with van der Waals surface area (Å²) < 4.78 is 36.3. The zero-order valence-corrected chi connectivity index (χ0v) is 19.3. The van der Waals surface area contributed by atoms with Crippen molar-refractivity contribution in [1.82, 2.24) is 9.80 Å². The lowest BCUT2D eigenvalue weighted by Crippen LogP contribution is -2.33. The quantitative estimate of drug-likeness (QED) is 0.369.